The Hall–Kier alpha value is -4.07. The Morgan fingerprint density at radius 2 is 1.91 bits per heavy atom. The van der Waals surface area contributed by atoms with Crippen LogP contribution in [0, 0.1) is 6.92 Å². The highest BCUT2D eigenvalue weighted by Gasteiger charge is 2.35. The van der Waals surface area contributed by atoms with Gasteiger partial charge in [0.1, 0.15) is 28.9 Å². The highest BCUT2D eigenvalue weighted by Crippen LogP contribution is 2.33. The van der Waals surface area contributed by atoms with Gasteiger partial charge in [0, 0.05) is 12.5 Å². The quantitative estimate of drug-likeness (QED) is 0.505. The number of carbonyl (C=O) groups is 2. The molecular weight excluding hydrogens is 424 g/mol. The van der Waals surface area contributed by atoms with E-state index < -0.39 is 12.0 Å². The number of ether oxygens (including phenoxy) is 3. The zero-order valence-corrected chi connectivity index (χ0v) is 18.6. The van der Waals surface area contributed by atoms with E-state index in [4.69, 9.17) is 18.6 Å². The van der Waals surface area contributed by atoms with Gasteiger partial charge in [-0.15, -0.1) is 0 Å². The summed E-state index contributed by atoms with van der Waals surface area (Å²) in [5, 5.41) is 5.97. The number of hydrogen-bond acceptors (Lipinski definition) is 7. The Bertz CT molecular complexity index is 1170. The molecule has 3 aromatic rings. The van der Waals surface area contributed by atoms with Gasteiger partial charge in [0.2, 0.25) is 0 Å². The summed E-state index contributed by atoms with van der Waals surface area (Å²) in [4.78, 5) is 25.3. The fraction of sp³-hybridized carbons (Fsp3) is 0.240. The maximum absolute atomic E-state index is 13.2. The summed E-state index contributed by atoms with van der Waals surface area (Å²) in [5.74, 6) is 0.350. The van der Waals surface area contributed by atoms with Gasteiger partial charge in [0.05, 0.1) is 26.2 Å². The highest BCUT2D eigenvalue weighted by molar-refractivity contribution is 6.03. The number of methoxy groups -OCH3 is 2. The predicted molar refractivity (Wildman–Crippen MR) is 120 cm³/mol. The SMILES string of the molecule is COC(=O)c1ccc(OC)cc1OCC(=O)N1N=C(c2ccc(C)cc2)CC1c1ccco1. The Kier molecular flexibility index (Phi) is 6.44. The van der Waals surface area contributed by atoms with Crippen LogP contribution in [-0.4, -0.2) is 43.4 Å². The van der Waals surface area contributed by atoms with Gasteiger partial charge in [-0.2, -0.15) is 5.10 Å². The largest absolute Gasteiger partial charge is 0.497 e. The molecule has 4 rings (SSSR count). The maximum atomic E-state index is 13.2. The van der Waals surface area contributed by atoms with Crippen LogP contribution >= 0.6 is 0 Å². The molecular formula is C25H24N2O6. The molecule has 0 fully saturated rings. The molecule has 8 nitrogen and oxygen atoms in total. The lowest BCUT2D eigenvalue weighted by molar-refractivity contribution is -0.135. The van der Waals surface area contributed by atoms with Crippen LogP contribution in [0.4, 0.5) is 0 Å². The Morgan fingerprint density at radius 3 is 2.58 bits per heavy atom. The Balaban J connectivity index is 1.57. The van der Waals surface area contributed by atoms with Crippen LogP contribution in [0.5, 0.6) is 11.5 Å². The number of amides is 1. The van der Waals surface area contributed by atoms with Crippen molar-refractivity contribution in [3.05, 3.63) is 83.3 Å². The van der Waals surface area contributed by atoms with E-state index in [2.05, 4.69) is 5.10 Å². The molecule has 1 aromatic heterocycles. The van der Waals surface area contributed by atoms with E-state index in [0.29, 0.717) is 17.9 Å². The summed E-state index contributed by atoms with van der Waals surface area (Å²) >= 11 is 0. The molecule has 0 N–H and O–H groups in total. The van der Waals surface area contributed by atoms with Crippen LogP contribution in [0.3, 0.4) is 0 Å². The van der Waals surface area contributed by atoms with E-state index in [9.17, 15) is 9.59 Å². The Morgan fingerprint density at radius 1 is 1.12 bits per heavy atom. The lowest BCUT2D eigenvalue weighted by Gasteiger charge is -2.20. The van der Waals surface area contributed by atoms with Gasteiger partial charge < -0.3 is 18.6 Å². The van der Waals surface area contributed by atoms with Crippen molar-refractivity contribution >= 4 is 17.6 Å². The molecule has 0 spiro atoms. The first-order chi connectivity index (χ1) is 16.0. The second kappa shape index (κ2) is 9.60. The van der Waals surface area contributed by atoms with Crippen LogP contribution in [0.25, 0.3) is 0 Å². The maximum Gasteiger partial charge on any atom is 0.341 e. The smallest absolute Gasteiger partial charge is 0.341 e. The molecule has 170 valence electrons. The van der Waals surface area contributed by atoms with Crippen molar-refractivity contribution in [1.82, 2.24) is 5.01 Å². The van der Waals surface area contributed by atoms with Crippen LogP contribution in [0.15, 0.2) is 70.4 Å². The molecule has 1 amide bonds. The van der Waals surface area contributed by atoms with Crippen molar-refractivity contribution in [1.29, 1.82) is 0 Å². The number of esters is 1. The first-order valence-corrected chi connectivity index (χ1v) is 10.4. The summed E-state index contributed by atoms with van der Waals surface area (Å²) in [5.41, 5.74) is 3.05. The van der Waals surface area contributed by atoms with Crippen molar-refractivity contribution in [2.45, 2.75) is 19.4 Å². The van der Waals surface area contributed by atoms with Crippen molar-refractivity contribution < 1.29 is 28.2 Å². The molecule has 1 unspecified atom stereocenters. The molecule has 0 saturated carbocycles. The normalized spacial score (nSPS) is 15.2. The molecule has 2 heterocycles. The van der Waals surface area contributed by atoms with Crippen LogP contribution in [0.1, 0.15) is 39.7 Å². The zero-order chi connectivity index (χ0) is 23.4. The fourth-order valence-electron chi connectivity index (χ4n) is 3.60. The number of hydrogen-bond donors (Lipinski definition) is 0. The Labute approximate surface area is 191 Å². The molecule has 0 bridgehead atoms. The van der Waals surface area contributed by atoms with Gasteiger partial charge in [-0.1, -0.05) is 29.8 Å². The van der Waals surface area contributed by atoms with Gasteiger partial charge >= 0.3 is 5.97 Å². The highest BCUT2D eigenvalue weighted by atomic mass is 16.5. The minimum Gasteiger partial charge on any atom is -0.497 e. The van der Waals surface area contributed by atoms with E-state index in [1.165, 1.54) is 31.4 Å². The second-order valence-corrected chi connectivity index (χ2v) is 7.53. The molecule has 0 radical (unpaired) electrons. The summed E-state index contributed by atoms with van der Waals surface area (Å²) in [6.07, 6.45) is 2.08. The molecule has 1 aliphatic heterocycles. The molecule has 8 heteroatoms. The standard InChI is InChI=1S/C25H24N2O6/c1-16-6-8-17(9-7-16)20-14-21(22-5-4-12-32-22)27(26-20)24(28)15-33-23-13-18(30-2)10-11-19(23)25(29)31-3/h4-13,21H,14-15H2,1-3H3. The van der Waals surface area contributed by atoms with E-state index in [1.807, 2.05) is 37.3 Å². The first-order valence-electron chi connectivity index (χ1n) is 10.4. The number of nitrogens with zero attached hydrogens (tertiary/aromatic N) is 2. The monoisotopic (exact) mass is 448 g/mol. The average Bonchev–Trinajstić information content (AvgIpc) is 3.52. The summed E-state index contributed by atoms with van der Waals surface area (Å²) < 4.78 is 21.3. The average molecular weight is 448 g/mol. The predicted octanol–water partition coefficient (Wildman–Crippen LogP) is 4.14. The molecule has 0 aliphatic carbocycles. The van der Waals surface area contributed by atoms with Crippen molar-refractivity contribution in [2.24, 2.45) is 5.10 Å². The van der Waals surface area contributed by atoms with E-state index in [1.54, 1.807) is 18.4 Å². The molecule has 2 aromatic carbocycles. The van der Waals surface area contributed by atoms with Crippen molar-refractivity contribution in [3.63, 3.8) is 0 Å². The van der Waals surface area contributed by atoms with Gasteiger partial charge in [-0.05, 0) is 36.8 Å². The van der Waals surface area contributed by atoms with Gasteiger partial charge in [-0.3, -0.25) is 4.79 Å². The van der Waals surface area contributed by atoms with E-state index in [0.717, 1.165) is 16.8 Å². The van der Waals surface area contributed by atoms with Crippen molar-refractivity contribution in [2.75, 3.05) is 20.8 Å². The molecule has 1 aliphatic rings. The molecule has 33 heavy (non-hydrogen) atoms. The number of hydrazone groups is 1. The van der Waals surface area contributed by atoms with Crippen LogP contribution < -0.4 is 9.47 Å². The number of rotatable bonds is 7. The third-order valence-corrected chi connectivity index (χ3v) is 5.37. The van der Waals surface area contributed by atoms with E-state index in [-0.39, 0.29) is 23.8 Å². The molecule has 1 atom stereocenters. The zero-order valence-electron chi connectivity index (χ0n) is 18.6. The number of carbonyl (C=O) groups excluding carboxylic acids is 2. The number of benzene rings is 2. The minimum atomic E-state index is -0.575. The lowest BCUT2D eigenvalue weighted by Crippen LogP contribution is -2.31. The number of aryl methyl sites for hydroxylation is 1. The topological polar surface area (TPSA) is 90.6 Å². The third kappa shape index (κ3) is 4.74. The third-order valence-electron chi connectivity index (χ3n) is 5.37. The van der Waals surface area contributed by atoms with Gasteiger partial charge in [-0.25, -0.2) is 9.80 Å². The van der Waals surface area contributed by atoms with Crippen molar-refractivity contribution in [3.8, 4) is 11.5 Å². The van der Waals surface area contributed by atoms with Gasteiger partial charge in [0.15, 0.2) is 6.61 Å². The summed E-state index contributed by atoms with van der Waals surface area (Å²) in [6.45, 7) is 1.68. The second-order valence-electron chi connectivity index (χ2n) is 7.53. The number of furan rings is 1. The lowest BCUT2D eigenvalue weighted by atomic mass is 10.0. The summed E-state index contributed by atoms with van der Waals surface area (Å²) in [7, 11) is 2.78. The first kappa shape index (κ1) is 22.1. The summed E-state index contributed by atoms with van der Waals surface area (Å²) in [6, 6.07) is 15.9. The van der Waals surface area contributed by atoms with Gasteiger partial charge in [0.25, 0.3) is 5.91 Å². The minimum absolute atomic E-state index is 0.186. The van der Waals surface area contributed by atoms with Crippen LogP contribution in [-0.2, 0) is 9.53 Å². The van der Waals surface area contributed by atoms with E-state index >= 15 is 0 Å². The van der Waals surface area contributed by atoms with Crippen LogP contribution in [0.2, 0.25) is 0 Å². The fourth-order valence-corrected chi connectivity index (χ4v) is 3.60. The molecule has 0 saturated heterocycles.